The van der Waals surface area contributed by atoms with Gasteiger partial charge in [0.2, 0.25) is 0 Å². The van der Waals surface area contributed by atoms with E-state index >= 15 is 0 Å². The minimum Gasteiger partial charge on any atom is -0.314 e. The van der Waals surface area contributed by atoms with Crippen molar-refractivity contribution in [2.75, 3.05) is 9.80 Å². The second-order valence-electron chi connectivity index (χ2n) is 7.73. The number of rotatable bonds is 8. The number of anilines is 5. The van der Waals surface area contributed by atoms with Crippen LogP contribution in [0.15, 0.2) is 139 Å². The molecule has 164 valence electrons. The van der Waals surface area contributed by atoms with Gasteiger partial charge in [-0.15, -0.1) is 0 Å². The summed E-state index contributed by atoms with van der Waals surface area (Å²) in [7, 11) is 0. The molecule has 2 nitrogen and oxygen atoms in total. The molecule has 0 atom stereocenters. The van der Waals surface area contributed by atoms with Gasteiger partial charge in [0, 0.05) is 34.1 Å². The fourth-order valence-electron chi connectivity index (χ4n) is 3.99. The number of hydrogen-bond donors (Lipinski definition) is 0. The molecule has 2 heteroatoms. The average molecular weight is 431 g/mol. The van der Waals surface area contributed by atoms with Crippen molar-refractivity contribution in [2.45, 2.75) is 20.3 Å². The van der Waals surface area contributed by atoms with Gasteiger partial charge in [0.15, 0.2) is 0 Å². The van der Waals surface area contributed by atoms with Gasteiger partial charge in [-0.1, -0.05) is 79.7 Å². The van der Waals surface area contributed by atoms with E-state index in [9.17, 15) is 0 Å². The molecule has 4 rings (SSSR count). The van der Waals surface area contributed by atoms with E-state index in [1.807, 2.05) is 0 Å². The molecule has 0 saturated carbocycles. The summed E-state index contributed by atoms with van der Waals surface area (Å²) in [5.74, 6) is 0. The van der Waals surface area contributed by atoms with Crippen LogP contribution in [0, 0.1) is 0 Å². The van der Waals surface area contributed by atoms with Gasteiger partial charge in [-0.3, -0.25) is 0 Å². The van der Waals surface area contributed by atoms with Crippen LogP contribution in [-0.4, -0.2) is 0 Å². The van der Waals surface area contributed by atoms with E-state index in [2.05, 4.69) is 157 Å². The van der Waals surface area contributed by atoms with Crippen LogP contribution >= 0.6 is 0 Å². The van der Waals surface area contributed by atoms with Crippen LogP contribution < -0.4 is 9.80 Å². The third-order valence-electron chi connectivity index (χ3n) is 5.52. The van der Waals surface area contributed by atoms with Gasteiger partial charge in [-0.05, 0) is 74.0 Å². The van der Waals surface area contributed by atoms with Gasteiger partial charge < -0.3 is 9.80 Å². The first kappa shape index (κ1) is 22.2. The zero-order valence-electron chi connectivity index (χ0n) is 19.3. The summed E-state index contributed by atoms with van der Waals surface area (Å²) >= 11 is 0. The predicted molar refractivity (Wildman–Crippen MR) is 143 cm³/mol. The van der Waals surface area contributed by atoms with E-state index in [1.165, 1.54) is 5.70 Å². The molecule has 0 fully saturated rings. The van der Waals surface area contributed by atoms with Gasteiger partial charge in [0.25, 0.3) is 0 Å². The topological polar surface area (TPSA) is 6.48 Å². The number of para-hydroxylation sites is 3. The molecule has 0 heterocycles. The Kier molecular flexibility index (Phi) is 7.40. The highest BCUT2D eigenvalue weighted by Crippen LogP contribution is 2.38. The highest BCUT2D eigenvalue weighted by atomic mass is 15.2. The molecular weight excluding hydrogens is 400 g/mol. The summed E-state index contributed by atoms with van der Waals surface area (Å²) in [5, 5.41) is 0. The van der Waals surface area contributed by atoms with E-state index in [1.54, 1.807) is 0 Å². The Bertz CT molecular complexity index is 1160. The first-order valence-electron chi connectivity index (χ1n) is 11.5. The molecule has 0 aliphatic carbocycles. The zero-order valence-corrected chi connectivity index (χ0v) is 19.3. The van der Waals surface area contributed by atoms with Crippen LogP contribution in [0.4, 0.5) is 28.4 Å². The summed E-state index contributed by atoms with van der Waals surface area (Å²) in [4.78, 5) is 4.64. The summed E-state index contributed by atoms with van der Waals surface area (Å²) in [6.45, 7) is 4.25. The smallest absolute Gasteiger partial charge is 0.0482 e. The second kappa shape index (κ2) is 11.0. The van der Waals surface area contributed by atoms with Crippen molar-refractivity contribution in [3.8, 4) is 0 Å². The molecule has 0 saturated heterocycles. The Balaban J connectivity index is 1.86. The molecular formula is C31H30N2. The first-order valence-corrected chi connectivity index (χ1v) is 11.5. The van der Waals surface area contributed by atoms with E-state index < -0.39 is 0 Å². The predicted octanol–water partition coefficient (Wildman–Crippen LogP) is 9.16. The highest BCUT2D eigenvalue weighted by Gasteiger charge is 2.17. The maximum atomic E-state index is 2.34. The molecule has 0 bridgehead atoms. The summed E-state index contributed by atoms with van der Waals surface area (Å²) < 4.78 is 0. The molecule has 0 aromatic heterocycles. The summed E-state index contributed by atoms with van der Waals surface area (Å²) in [5.41, 5.74) is 6.90. The van der Waals surface area contributed by atoms with Gasteiger partial charge in [0.05, 0.1) is 0 Å². The third kappa shape index (κ3) is 5.24. The molecule has 0 radical (unpaired) electrons. The third-order valence-corrected chi connectivity index (χ3v) is 5.52. The number of allylic oxidation sites excluding steroid dienone is 4. The fourth-order valence-corrected chi connectivity index (χ4v) is 3.99. The van der Waals surface area contributed by atoms with Crippen molar-refractivity contribution in [1.82, 2.24) is 0 Å². The lowest BCUT2D eigenvalue weighted by Crippen LogP contribution is -2.17. The lowest BCUT2D eigenvalue weighted by atomic mass is 10.1. The zero-order chi connectivity index (χ0) is 22.9. The Morgan fingerprint density at radius 3 is 1.61 bits per heavy atom. The Morgan fingerprint density at radius 2 is 1.09 bits per heavy atom. The SMILES string of the molecule is C/C=C\C=C(/CC)N(c1ccccc1)c1cccc(N(c2ccccc2)c2ccccc2)c1. The van der Waals surface area contributed by atoms with Gasteiger partial charge in [-0.25, -0.2) is 0 Å². The van der Waals surface area contributed by atoms with Crippen LogP contribution in [0.5, 0.6) is 0 Å². The largest absolute Gasteiger partial charge is 0.314 e. The Labute approximate surface area is 197 Å². The van der Waals surface area contributed by atoms with Crippen molar-refractivity contribution < 1.29 is 0 Å². The van der Waals surface area contributed by atoms with E-state index in [-0.39, 0.29) is 0 Å². The molecule has 0 aliphatic rings. The van der Waals surface area contributed by atoms with Crippen LogP contribution in [0.1, 0.15) is 20.3 Å². The normalized spacial score (nSPS) is 11.5. The number of hydrogen-bond acceptors (Lipinski definition) is 2. The fraction of sp³-hybridized carbons (Fsp3) is 0.0968. The molecule has 0 N–H and O–H groups in total. The van der Waals surface area contributed by atoms with Crippen molar-refractivity contribution in [2.24, 2.45) is 0 Å². The molecule has 0 amide bonds. The first-order chi connectivity index (χ1) is 16.3. The molecule has 0 unspecified atom stereocenters. The quantitative estimate of drug-likeness (QED) is 0.257. The second-order valence-corrected chi connectivity index (χ2v) is 7.73. The van der Waals surface area contributed by atoms with Crippen molar-refractivity contribution >= 4 is 28.4 Å². The Morgan fingerprint density at radius 1 is 0.606 bits per heavy atom. The lowest BCUT2D eigenvalue weighted by molar-refractivity contribution is 1.01. The average Bonchev–Trinajstić information content (AvgIpc) is 2.89. The molecule has 4 aromatic rings. The number of nitrogens with zero attached hydrogens (tertiary/aromatic N) is 2. The van der Waals surface area contributed by atoms with E-state index in [4.69, 9.17) is 0 Å². The maximum absolute atomic E-state index is 2.34. The lowest BCUT2D eigenvalue weighted by Gasteiger charge is -2.30. The maximum Gasteiger partial charge on any atom is 0.0482 e. The number of benzene rings is 4. The molecule has 0 aliphatic heterocycles. The van der Waals surface area contributed by atoms with Crippen LogP contribution in [-0.2, 0) is 0 Å². The molecule has 0 spiro atoms. The highest BCUT2D eigenvalue weighted by molar-refractivity contribution is 5.80. The summed E-state index contributed by atoms with van der Waals surface area (Å²) in [6, 6.07) is 40.4. The van der Waals surface area contributed by atoms with E-state index in [0.29, 0.717) is 0 Å². The van der Waals surface area contributed by atoms with Crippen LogP contribution in [0.25, 0.3) is 0 Å². The minimum absolute atomic E-state index is 0.921. The standard InChI is InChI=1S/C31H30N2/c1-3-5-16-26(4-2)32(27-17-9-6-10-18-27)30-23-15-24-31(25-30)33(28-19-11-7-12-20-28)29-21-13-8-14-22-29/h3,5-25H,4H2,1-2H3/b5-3-,26-16+. The van der Waals surface area contributed by atoms with Crippen LogP contribution in [0.3, 0.4) is 0 Å². The van der Waals surface area contributed by atoms with Gasteiger partial charge in [-0.2, -0.15) is 0 Å². The van der Waals surface area contributed by atoms with Crippen molar-refractivity contribution in [3.63, 3.8) is 0 Å². The Hall–Kier alpha value is -4.04. The van der Waals surface area contributed by atoms with Crippen molar-refractivity contribution in [1.29, 1.82) is 0 Å². The monoisotopic (exact) mass is 430 g/mol. The van der Waals surface area contributed by atoms with Gasteiger partial charge >= 0.3 is 0 Å². The molecule has 4 aromatic carbocycles. The van der Waals surface area contributed by atoms with E-state index in [0.717, 1.165) is 34.9 Å². The van der Waals surface area contributed by atoms with Crippen molar-refractivity contribution in [3.05, 3.63) is 139 Å². The summed E-state index contributed by atoms with van der Waals surface area (Å²) in [6.07, 6.45) is 7.30. The molecule has 33 heavy (non-hydrogen) atoms. The van der Waals surface area contributed by atoms with Crippen LogP contribution in [0.2, 0.25) is 0 Å². The van der Waals surface area contributed by atoms with Gasteiger partial charge in [0.1, 0.15) is 0 Å². The minimum atomic E-state index is 0.921.